The minimum atomic E-state index is -0.343. The third-order valence-corrected chi connectivity index (χ3v) is 3.25. The molecule has 0 atom stereocenters. The number of rotatable bonds is 3. The number of halogens is 1. The average Bonchev–Trinajstić information content (AvgIpc) is 2.75. The van der Waals surface area contributed by atoms with Crippen molar-refractivity contribution in [3.63, 3.8) is 0 Å². The first-order valence-electron chi connectivity index (χ1n) is 5.61. The Balaban J connectivity index is 1.90. The number of nitrogens with two attached hydrogens (primary N) is 1. The number of amides is 2. The molecule has 2 rings (SSSR count). The Morgan fingerprint density at radius 3 is 2.44 bits per heavy atom. The van der Waals surface area contributed by atoms with E-state index in [4.69, 9.17) is 10.2 Å². The number of carbonyl (C=O) groups is 2. The van der Waals surface area contributed by atoms with E-state index in [1.807, 2.05) is 4.90 Å². The highest BCUT2D eigenvalue weighted by atomic mass is 79.9. The van der Waals surface area contributed by atoms with Gasteiger partial charge in [0.2, 0.25) is 5.91 Å². The highest BCUT2D eigenvalue weighted by Gasteiger charge is 2.24. The Labute approximate surface area is 113 Å². The van der Waals surface area contributed by atoms with E-state index in [1.165, 1.54) is 0 Å². The second-order valence-electron chi connectivity index (χ2n) is 4.14. The van der Waals surface area contributed by atoms with Crippen molar-refractivity contribution in [2.75, 3.05) is 32.7 Å². The number of carbonyl (C=O) groups excluding carboxylic acids is 2. The number of nitrogens with zero attached hydrogens (tertiary/aromatic N) is 2. The van der Waals surface area contributed by atoms with Gasteiger partial charge in [-0.2, -0.15) is 0 Å². The Morgan fingerprint density at radius 1 is 1.28 bits per heavy atom. The van der Waals surface area contributed by atoms with Crippen LogP contribution in [0.2, 0.25) is 0 Å². The molecular weight excluding hydrogens is 302 g/mol. The van der Waals surface area contributed by atoms with E-state index in [0.717, 1.165) is 0 Å². The molecule has 18 heavy (non-hydrogen) atoms. The van der Waals surface area contributed by atoms with Crippen LogP contribution in [0.5, 0.6) is 0 Å². The molecule has 2 N–H and O–H groups in total. The number of hydrogen-bond donors (Lipinski definition) is 1. The van der Waals surface area contributed by atoms with Crippen molar-refractivity contribution in [1.29, 1.82) is 0 Å². The van der Waals surface area contributed by atoms with Gasteiger partial charge >= 0.3 is 0 Å². The summed E-state index contributed by atoms with van der Waals surface area (Å²) in [4.78, 5) is 26.5. The number of piperazine rings is 1. The summed E-state index contributed by atoms with van der Waals surface area (Å²) in [5.74, 6) is -0.144. The van der Waals surface area contributed by atoms with Crippen LogP contribution in [0.15, 0.2) is 21.2 Å². The van der Waals surface area contributed by atoms with Crippen molar-refractivity contribution >= 4 is 27.7 Å². The fraction of sp³-hybridized carbons (Fsp3) is 0.455. The Hall–Kier alpha value is -1.34. The van der Waals surface area contributed by atoms with E-state index in [0.29, 0.717) is 36.6 Å². The normalized spacial score (nSPS) is 16.8. The van der Waals surface area contributed by atoms with Crippen molar-refractivity contribution in [2.24, 2.45) is 5.73 Å². The van der Waals surface area contributed by atoms with Crippen LogP contribution in [-0.4, -0.2) is 54.3 Å². The van der Waals surface area contributed by atoms with E-state index in [-0.39, 0.29) is 18.4 Å². The van der Waals surface area contributed by atoms with E-state index < -0.39 is 0 Å². The molecule has 1 fully saturated rings. The lowest BCUT2D eigenvalue weighted by Crippen LogP contribution is -2.50. The largest absolute Gasteiger partial charge is 0.444 e. The first-order chi connectivity index (χ1) is 8.56. The Kier molecular flexibility index (Phi) is 4.03. The lowest BCUT2D eigenvalue weighted by atomic mass is 10.3. The molecule has 0 aliphatic carbocycles. The minimum absolute atomic E-state index is 0.126. The molecule has 0 saturated carbocycles. The SMILES string of the molecule is NC(=O)CN1CCN(C(=O)c2ccc(Br)o2)CC1. The zero-order valence-electron chi connectivity index (χ0n) is 9.76. The van der Waals surface area contributed by atoms with Crippen LogP contribution >= 0.6 is 15.9 Å². The Morgan fingerprint density at radius 2 is 1.94 bits per heavy atom. The third kappa shape index (κ3) is 3.11. The summed E-state index contributed by atoms with van der Waals surface area (Å²) in [6, 6.07) is 3.33. The maximum absolute atomic E-state index is 12.0. The van der Waals surface area contributed by atoms with Crippen LogP contribution in [0.4, 0.5) is 0 Å². The molecule has 1 saturated heterocycles. The van der Waals surface area contributed by atoms with Crippen molar-refractivity contribution in [3.05, 3.63) is 22.6 Å². The smallest absolute Gasteiger partial charge is 0.289 e. The first-order valence-corrected chi connectivity index (χ1v) is 6.41. The maximum atomic E-state index is 12.0. The Bertz CT molecular complexity index is 452. The molecule has 0 radical (unpaired) electrons. The predicted octanol–water partition coefficient (Wildman–Crippen LogP) is 0.285. The molecule has 1 aromatic heterocycles. The number of primary amides is 1. The van der Waals surface area contributed by atoms with Crippen LogP contribution in [0.1, 0.15) is 10.6 Å². The molecule has 2 heterocycles. The van der Waals surface area contributed by atoms with Crippen LogP contribution < -0.4 is 5.73 Å². The van der Waals surface area contributed by atoms with Gasteiger partial charge in [-0.05, 0) is 28.1 Å². The molecule has 0 bridgehead atoms. The molecule has 2 amide bonds. The highest BCUT2D eigenvalue weighted by Crippen LogP contribution is 2.16. The van der Waals surface area contributed by atoms with Crippen molar-refractivity contribution < 1.29 is 14.0 Å². The molecular formula is C11H14BrN3O3. The molecule has 1 aromatic rings. The summed E-state index contributed by atoms with van der Waals surface area (Å²) in [5, 5.41) is 0. The van der Waals surface area contributed by atoms with Gasteiger partial charge in [0.25, 0.3) is 5.91 Å². The zero-order valence-corrected chi connectivity index (χ0v) is 11.4. The van der Waals surface area contributed by atoms with Crippen LogP contribution in [0.25, 0.3) is 0 Å². The molecule has 0 aromatic carbocycles. The summed E-state index contributed by atoms with van der Waals surface area (Å²) >= 11 is 3.16. The molecule has 7 heteroatoms. The molecule has 0 unspecified atom stereocenters. The highest BCUT2D eigenvalue weighted by molar-refractivity contribution is 9.10. The van der Waals surface area contributed by atoms with Crippen molar-refractivity contribution in [2.45, 2.75) is 0 Å². The van der Waals surface area contributed by atoms with Gasteiger partial charge in [-0.3, -0.25) is 14.5 Å². The monoisotopic (exact) mass is 315 g/mol. The minimum Gasteiger partial charge on any atom is -0.444 e. The van der Waals surface area contributed by atoms with E-state index in [2.05, 4.69) is 15.9 Å². The quantitative estimate of drug-likeness (QED) is 0.869. The van der Waals surface area contributed by atoms with Gasteiger partial charge in [-0.25, -0.2) is 0 Å². The van der Waals surface area contributed by atoms with Gasteiger partial charge in [0.05, 0.1) is 6.54 Å². The summed E-state index contributed by atoms with van der Waals surface area (Å²) in [6.45, 7) is 2.69. The lowest BCUT2D eigenvalue weighted by molar-refractivity contribution is -0.119. The first kappa shape index (κ1) is 13.1. The van der Waals surface area contributed by atoms with Crippen molar-refractivity contribution in [1.82, 2.24) is 9.80 Å². The standard InChI is InChI=1S/C11H14BrN3O3/c12-9-2-1-8(18-9)11(17)15-5-3-14(4-6-15)7-10(13)16/h1-2H,3-7H2,(H2,13,16). The molecule has 6 nitrogen and oxygen atoms in total. The molecule has 98 valence electrons. The second-order valence-corrected chi connectivity index (χ2v) is 4.92. The summed E-state index contributed by atoms with van der Waals surface area (Å²) in [6.07, 6.45) is 0. The van der Waals surface area contributed by atoms with Gasteiger partial charge in [-0.1, -0.05) is 0 Å². The maximum Gasteiger partial charge on any atom is 0.289 e. The molecule has 0 spiro atoms. The fourth-order valence-electron chi connectivity index (χ4n) is 1.91. The van der Waals surface area contributed by atoms with Gasteiger partial charge < -0.3 is 15.1 Å². The lowest BCUT2D eigenvalue weighted by Gasteiger charge is -2.33. The predicted molar refractivity (Wildman–Crippen MR) is 67.9 cm³/mol. The third-order valence-electron chi connectivity index (χ3n) is 2.82. The summed E-state index contributed by atoms with van der Waals surface area (Å²) in [5.41, 5.74) is 5.13. The summed E-state index contributed by atoms with van der Waals surface area (Å²) in [7, 11) is 0. The summed E-state index contributed by atoms with van der Waals surface area (Å²) < 4.78 is 5.77. The van der Waals surface area contributed by atoms with E-state index in [1.54, 1.807) is 17.0 Å². The number of furan rings is 1. The van der Waals surface area contributed by atoms with Gasteiger partial charge in [0.15, 0.2) is 10.4 Å². The van der Waals surface area contributed by atoms with E-state index >= 15 is 0 Å². The van der Waals surface area contributed by atoms with E-state index in [9.17, 15) is 9.59 Å². The van der Waals surface area contributed by atoms with Gasteiger partial charge in [0, 0.05) is 26.2 Å². The van der Waals surface area contributed by atoms with Crippen LogP contribution in [0.3, 0.4) is 0 Å². The second kappa shape index (κ2) is 5.53. The van der Waals surface area contributed by atoms with Gasteiger partial charge in [-0.15, -0.1) is 0 Å². The fourth-order valence-corrected chi connectivity index (χ4v) is 2.22. The van der Waals surface area contributed by atoms with Crippen molar-refractivity contribution in [3.8, 4) is 0 Å². The van der Waals surface area contributed by atoms with Crippen LogP contribution in [0, 0.1) is 0 Å². The number of hydrogen-bond acceptors (Lipinski definition) is 4. The van der Waals surface area contributed by atoms with Crippen LogP contribution in [-0.2, 0) is 4.79 Å². The molecule has 1 aliphatic rings. The zero-order chi connectivity index (χ0) is 13.1. The van der Waals surface area contributed by atoms with Gasteiger partial charge in [0.1, 0.15) is 0 Å². The molecule has 1 aliphatic heterocycles. The topological polar surface area (TPSA) is 79.8 Å². The average molecular weight is 316 g/mol.